The quantitative estimate of drug-likeness (QED) is 0.911. The molecule has 0 aliphatic carbocycles. The molecular weight excluding hydrogens is 324 g/mol. The van der Waals surface area contributed by atoms with Gasteiger partial charge in [-0.15, -0.1) is 0 Å². The van der Waals surface area contributed by atoms with Crippen LogP contribution in [0.5, 0.6) is 0 Å². The van der Waals surface area contributed by atoms with E-state index in [1.54, 1.807) is 10.9 Å². The number of fused-ring (bicyclic) bond motifs is 2. The van der Waals surface area contributed by atoms with Gasteiger partial charge in [0.05, 0.1) is 10.6 Å². The number of carbonyl (C=O) groups is 1. The Balaban J connectivity index is 1.67. The van der Waals surface area contributed by atoms with Crippen molar-refractivity contribution in [1.82, 2.24) is 20.0 Å². The van der Waals surface area contributed by atoms with Gasteiger partial charge in [0, 0.05) is 44.0 Å². The zero-order valence-electron chi connectivity index (χ0n) is 13.7. The number of carbonyl (C=O) groups excluding carboxylic acids is 1. The van der Waals surface area contributed by atoms with Crippen LogP contribution in [0, 0.1) is 0 Å². The van der Waals surface area contributed by atoms with Crippen LogP contribution in [-0.4, -0.2) is 45.8 Å². The molecule has 0 saturated carbocycles. The van der Waals surface area contributed by atoms with E-state index in [2.05, 4.69) is 10.4 Å². The second kappa shape index (κ2) is 6.22. The van der Waals surface area contributed by atoms with Gasteiger partial charge in [0.1, 0.15) is 5.69 Å². The van der Waals surface area contributed by atoms with Crippen LogP contribution in [0.3, 0.4) is 0 Å². The molecule has 2 saturated heterocycles. The number of aryl methyl sites for hydroxylation is 1. The summed E-state index contributed by atoms with van der Waals surface area (Å²) in [6.07, 6.45) is 5.20. The predicted molar refractivity (Wildman–Crippen MR) is 94.1 cm³/mol. The zero-order valence-corrected chi connectivity index (χ0v) is 14.5. The first-order valence-corrected chi connectivity index (χ1v) is 8.83. The number of rotatable bonds is 2. The first-order valence-electron chi connectivity index (χ1n) is 8.45. The molecular formula is C18H21ClN4O. The van der Waals surface area contributed by atoms with Gasteiger partial charge in [0.2, 0.25) is 0 Å². The molecule has 2 aliphatic rings. The lowest BCUT2D eigenvalue weighted by molar-refractivity contribution is 0.0749. The molecule has 2 aromatic rings. The Labute approximate surface area is 146 Å². The minimum atomic E-state index is 0.0485. The van der Waals surface area contributed by atoms with Gasteiger partial charge in [-0.3, -0.25) is 9.48 Å². The third-order valence-electron chi connectivity index (χ3n) is 5.00. The van der Waals surface area contributed by atoms with Crippen molar-refractivity contribution in [3.8, 4) is 11.3 Å². The Hall–Kier alpha value is -1.85. The molecule has 2 fully saturated rings. The van der Waals surface area contributed by atoms with Crippen molar-refractivity contribution in [2.75, 3.05) is 13.1 Å². The van der Waals surface area contributed by atoms with E-state index in [4.69, 9.17) is 11.6 Å². The smallest absolute Gasteiger partial charge is 0.257 e. The maximum absolute atomic E-state index is 13.1. The average Bonchev–Trinajstić information content (AvgIpc) is 3.09. The molecule has 2 atom stereocenters. The highest BCUT2D eigenvalue weighted by Crippen LogP contribution is 2.30. The fourth-order valence-corrected chi connectivity index (χ4v) is 4.02. The largest absolute Gasteiger partial charge is 0.337 e. The normalized spacial score (nSPS) is 23.3. The van der Waals surface area contributed by atoms with Crippen molar-refractivity contribution >= 4 is 17.5 Å². The predicted octanol–water partition coefficient (Wildman–Crippen LogP) is 2.71. The topological polar surface area (TPSA) is 50.2 Å². The summed E-state index contributed by atoms with van der Waals surface area (Å²) < 4.78 is 1.69. The van der Waals surface area contributed by atoms with E-state index in [0.717, 1.165) is 31.5 Å². The Morgan fingerprint density at radius 1 is 1.25 bits per heavy atom. The van der Waals surface area contributed by atoms with Gasteiger partial charge < -0.3 is 10.2 Å². The van der Waals surface area contributed by atoms with Crippen LogP contribution >= 0.6 is 11.6 Å². The van der Waals surface area contributed by atoms with Crippen molar-refractivity contribution in [2.24, 2.45) is 7.05 Å². The first-order chi connectivity index (χ1) is 11.6. The Morgan fingerprint density at radius 3 is 2.88 bits per heavy atom. The Morgan fingerprint density at radius 2 is 2.04 bits per heavy atom. The number of amides is 1. The summed E-state index contributed by atoms with van der Waals surface area (Å²) >= 11 is 6.32. The summed E-state index contributed by atoms with van der Waals surface area (Å²) in [6.45, 7) is 1.57. The van der Waals surface area contributed by atoms with Crippen molar-refractivity contribution in [2.45, 2.75) is 31.3 Å². The number of nitrogens with one attached hydrogen (secondary N) is 1. The molecule has 4 rings (SSSR count). The van der Waals surface area contributed by atoms with Gasteiger partial charge in [0.15, 0.2) is 0 Å². The number of halogens is 1. The van der Waals surface area contributed by atoms with Crippen LogP contribution in [0.25, 0.3) is 11.3 Å². The van der Waals surface area contributed by atoms with Crippen LogP contribution in [0.15, 0.2) is 30.5 Å². The van der Waals surface area contributed by atoms with E-state index in [9.17, 15) is 4.79 Å². The number of likely N-dealkylation sites (tertiary alicyclic amines) is 1. The minimum Gasteiger partial charge on any atom is -0.337 e. The molecule has 0 spiro atoms. The van der Waals surface area contributed by atoms with Crippen molar-refractivity contribution < 1.29 is 4.79 Å². The lowest BCUT2D eigenvalue weighted by atomic mass is 10.1. The van der Waals surface area contributed by atoms with E-state index in [1.807, 2.05) is 36.2 Å². The van der Waals surface area contributed by atoms with Gasteiger partial charge in [0.25, 0.3) is 5.91 Å². The van der Waals surface area contributed by atoms with Crippen LogP contribution in [-0.2, 0) is 7.05 Å². The summed E-state index contributed by atoms with van der Waals surface area (Å²) in [7, 11) is 1.84. The average molecular weight is 345 g/mol. The summed E-state index contributed by atoms with van der Waals surface area (Å²) in [4.78, 5) is 15.1. The monoisotopic (exact) mass is 344 g/mol. The molecule has 3 heterocycles. The highest BCUT2D eigenvalue weighted by Gasteiger charge is 2.32. The lowest BCUT2D eigenvalue weighted by Crippen LogP contribution is -2.39. The SMILES string of the molecule is Cn1cc(C(=O)N2CCC3CCC(C2)N3)c(-c2ccccc2Cl)n1. The molecule has 24 heavy (non-hydrogen) atoms. The molecule has 2 bridgehead atoms. The first kappa shape index (κ1) is 15.7. The number of hydrogen-bond donors (Lipinski definition) is 1. The molecule has 1 aromatic heterocycles. The van der Waals surface area contributed by atoms with E-state index in [0.29, 0.717) is 28.4 Å². The molecule has 1 aromatic carbocycles. The highest BCUT2D eigenvalue weighted by atomic mass is 35.5. The molecule has 0 radical (unpaired) electrons. The van der Waals surface area contributed by atoms with Gasteiger partial charge in [-0.2, -0.15) is 5.10 Å². The lowest BCUT2D eigenvalue weighted by Gasteiger charge is -2.24. The summed E-state index contributed by atoms with van der Waals surface area (Å²) in [5, 5.41) is 8.72. The van der Waals surface area contributed by atoms with Crippen molar-refractivity contribution in [3.63, 3.8) is 0 Å². The molecule has 126 valence electrons. The Bertz CT molecular complexity index is 772. The molecule has 1 amide bonds. The van der Waals surface area contributed by atoms with E-state index in [-0.39, 0.29) is 5.91 Å². The summed E-state index contributed by atoms with van der Waals surface area (Å²) in [5.41, 5.74) is 2.09. The molecule has 2 aliphatic heterocycles. The molecule has 6 heteroatoms. The second-order valence-corrected chi connectivity index (χ2v) is 7.13. The molecule has 2 unspecified atom stereocenters. The minimum absolute atomic E-state index is 0.0485. The number of benzene rings is 1. The van der Waals surface area contributed by atoms with Gasteiger partial charge in [-0.05, 0) is 25.3 Å². The second-order valence-electron chi connectivity index (χ2n) is 6.72. The van der Waals surface area contributed by atoms with Crippen molar-refractivity contribution in [3.05, 3.63) is 41.0 Å². The van der Waals surface area contributed by atoms with E-state index < -0.39 is 0 Å². The van der Waals surface area contributed by atoms with Gasteiger partial charge in [-0.1, -0.05) is 29.8 Å². The van der Waals surface area contributed by atoms with Gasteiger partial charge in [-0.25, -0.2) is 0 Å². The standard InChI is InChI=1S/C18H21ClN4O/c1-22-11-15(17(21-22)14-4-2-3-5-16(14)19)18(24)23-9-8-12-6-7-13(10-23)20-12/h2-5,11-13,20H,6-10H2,1H3. The summed E-state index contributed by atoms with van der Waals surface area (Å²) in [5.74, 6) is 0.0485. The third-order valence-corrected chi connectivity index (χ3v) is 5.33. The number of nitrogens with zero attached hydrogens (tertiary/aromatic N) is 3. The fourth-order valence-electron chi connectivity index (χ4n) is 3.79. The molecule has 1 N–H and O–H groups in total. The summed E-state index contributed by atoms with van der Waals surface area (Å²) in [6, 6.07) is 8.51. The maximum atomic E-state index is 13.1. The van der Waals surface area contributed by atoms with Crippen LogP contribution < -0.4 is 5.32 Å². The third kappa shape index (κ3) is 2.82. The maximum Gasteiger partial charge on any atom is 0.257 e. The zero-order chi connectivity index (χ0) is 16.7. The Kier molecular flexibility index (Phi) is 4.06. The van der Waals surface area contributed by atoms with E-state index >= 15 is 0 Å². The van der Waals surface area contributed by atoms with E-state index in [1.165, 1.54) is 6.42 Å². The van der Waals surface area contributed by atoms with Crippen molar-refractivity contribution in [1.29, 1.82) is 0 Å². The fraction of sp³-hybridized carbons (Fsp3) is 0.444. The van der Waals surface area contributed by atoms with Crippen LogP contribution in [0.1, 0.15) is 29.6 Å². The molecule has 5 nitrogen and oxygen atoms in total. The van der Waals surface area contributed by atoms with Crippen LogP contribution in [0.4, 0.5) is 0 Å². The highest BCUT2D eigenvalue weighted by molar-refractivity contribution is 6.33. The number of hydrogen-bond acceptors (Lipinski definition) is 3. The van der Waals surface area contributed by atoms with Gasteiger partial charge >= 0.3 is 0 Å². The number of aromatic nitrogens is 2. The van der Waals surface area contributed by atoms with Crippen LogP contribution in [0.2, 0.25) is 5.02 Å².